The summed E-state index contributed by atoms with van der Waals surface area (Å²) in [5.41, 5.74) is 1.02. The number of halogens is 3. The Kier molecular flexibility index (Phi) is 5.77. The van der Waals surface area contributed by atoms with E-state index in [1.165, 1.54) is 0 Å². The molecule has 0 aliphatic heterocycles. The van der Waals surface area contributed by atoms with Crippen LogP contribution >= 0.6 is 27.5 Å². The average Bonchev–Trinajstić information content (AvgIpc) is 2.22. The van der Waals surface area contributed by atoms with Crippen LogP contribution in [0.2, 0.25) is 5.02 Å². The van der Waals surface area contributed by atoms with E-state index >= 15 is 0 Å². The molecular formula is C13H17BrClF. The molecule has 0 nitrogen and oxygen atoms in total. The minimum Gasteiger partial charge on any atom is -0.205 e. The fourth-order valence-electron chi connectivity index (χ4n) is 1.87. The third-order valence-electron chi connectivity index (χ3n) is 2.53. The molecule has 0 aliphatic rings. The molecule has 1 aromatic rings. The van der Waals surface area contributed by atoms with E-state index in [1.807, 2.05) is 6.07 Å². The first-order valence-electron chi connectivity index (χ1n) is 5.52. The van der Waals surface area contributed by atoms with E-state index in [0.717, 1.165) is 23.7 Å². The molecule has 1 rings (SSSR count). The number of rotatable bonds is 5. The van der Waals surface area contributed by atoms with E-state index in [9.17, 15) is 4.39 Å². The zero-order valence-electron chi connectivity index (χ0n) is 9.64. The average molecular weight is 308 g/mol. The highest BCUT2D eigenvalue weighted by molar-refractivity contribution is 9.09. The summed E-state index contributed by atoms with van der Waals surface area (Å²) < 4.78 is 13.3. The first-order valence-corrected chi connectivity index (χ1v) is 7.02. The van der Waals surface area contributed by atoms with E-state index in [0.29, 0.717) is 11.8 Å². The van der Waals surface area contributed by atoms with Gasteiger partial charge in [0.15, 0.2) is 0 Å². The van der Waals surface area contributed by atoms with Crippen LogP contribution in [0.1, 0.15) is 25.8 Å². The Hall–Kier alpha value is -0.0800. The van der Waals surface area contributed by atoms with Crippen LogP contribution in [0.5, 0.6) is 0 Å². The van der Waals surface area contributed by atoms with Crippen molar-refractivity contribution in [3.63, 3.8) is 0 Å². The lowest BCUT2D eigenvalue weighted by atomic mass is 9.92. The highest BCUT2D eigenvalue weighted by Gasteiger charge is 2.11. The highest BCUT2D eigenvalue weighted by atomic mass is 79.9. The van der Waals surface area contributed by atoms with Crippen LogP contribution in [-0.2, 0) is 6.42 Å². The molecule has 1 atom stereocenters. The fourth-order valence-corrected chi connectivity index (χ4v) is 2.48. The molecule has 0 bridgehead atoms. The van der Waals surface area contributed by atoms with Gasteiger partial charge in [0.2, 0.25) is 0 Å². The Labute approximate surface area is 110 Å². The zero-order valence-corrected chi connectivity index (χ0v) is 12.0. The Morgan fingerprint density at radius 2 is 2.06 bits per heavy atom. The molecule has 0 heterocycles. The van der Waals surface area contributed by atoms with Crippen molar-refractivity contribution in [3.05, 3.63) is 34.6 Å². The number of hydrogen-bond donors (Lipinski definition) is 0. The number of hydrogen-bond acceptors (Lipinski definition) is 0. The lowest BCUT2D eigenvalue weighted by molar-refractivity contribution is 0.444. The summed E-state index contributed by atoms with van der Waals surface area (Å²) in [4.78, 5) is 0. The van der Waals surface area contributed by atoms with Crippen molar-refractivity contribution in [2.45, 2.75) is 26.7 Å². The molecule has 0 aliphatic carbocycles. The lowest BCUT2D eigenvalue weighted by Crippen LogP contribution is -2.09. The summed E-state index contributed by atoms with van der Waals surface area (Å²) in [5, 5.41) is 1.15. The van der Waals surface area contributed by atoms with E-state index in [4.69, 9.17) is 11.6 Å². The molecule has 0 spiro atoms. The van der Waals surface area contributed by atoms with Gasteiger partial charge >= 0.3 is 0 Å². The minimum atomic E-state index is -0.322. The summed E-state index contributed by atoms with van der Waals surface area (Å²) >= 11 is 9.17. The zero-order chi connectivity index (χ0) is 12.1. The van der Waals surface area contributed by atoms with Crippen LogP contribution in [0.15, 0.2) is 18.2 Å². The summed E-state index contributed by atoms with van der Waals surface area (Å²) in [6.45, 7) is 4.41. The molecule has 0 saturated carbocycles. The predicted octanol–water partition coefficient (Wildman–Crippen LogP) is 5.08. The van der Waals surface area contributed by atoms with Gasteiger partial charge in [-0.1, -0.05) is 47.4 Å². The second-order valence-corrected chi connectivity index (χ2v) is 5.66. The SMILES string of the molecule is CC(C)CC(CBr)Cc1ccc(Cl)c(F)c1. The van der Waals surface area contributed by atoms with Crippen LogP contribution in [0.3, 0.4) is 0 Å². The first-order chi connectivity index (χ1) is 7.52. The summed E-state index contributed by atoms with van der Waals surface area (Å²) in [6.07, 6.45) is 2.05. The number of alkyl halides is 1. The second-order valence-electron chi connectivity index (χ2n) is 4.60. The third kappa shape index (κ3) is 4.42. The molecular weight excluding hydrogens is 290 g/mol. The van der Waals surface area contributed by atoms with Gasteiger partial charge < -0.3 is 0 Å². The predicted molar refractivity (Wildman–Crippen MR) is 71.9 cm³/mol. The first kappa shape index (κ1) is 14.0. The van der Waals surface area contributed by atoms with Gasteiger partial charge in [-0.15, -0.1) is 0 Å². The van der Waals surface area contributed by atoms with Gasteiger partial charge in [-0.25, -0.2) is 4.39 Å². The van der Waals surface area contributed by atoms with Crippen LogP contribution in [0.4, 0.5) is 4.39 Å². The monoisotopic (exact) mass is 306 g/mol. The molecule has 0 N–H and O–H groups in total. The number of benzene rings is 1. The maximum Gasteiger partial charge on any atom is 0.142 e. The highest BCUT2D eigenvalue weighted by Crippen LogP contribution is 2.22. The van der Waals surface area contributed by atoms with Crippen LogP contribution in [0.25, 0.3) is 0 Å². The van der Waals surface area contributed by atoms with Gasteiger partial charge in [0.25, 0.3) is 0 Å². The molecule has 0 saturated heterocycles. The van der Waals surface area contributed by atoms with Crippen molar-refractivity contribution >= 4 is 27.5 Å². The van der Waals surface area contributed by atoms with Crippen molar-refractivity contribution < 1.29 is 4.39 Å². The molecule has 16 heavy (non-hydrogen) atoms. The van der Waals surface area contributed by atoms with Crippen LogP contribution in [0, 0.1) is 17.7 Å². The minimum absolute atomic E-state index is 0.197. The van der Waals surface area contributed by atoms with Crippen molar-refractivity contribution in [1.29, 1.82) is 0 Å². The van der Waals surface area contributed by atoms with E-state index in [2.05, 4.69) is 29.8 Å². The van der Waals surface area contributed by atoms with Gasteiger partial charge in [-0.2, -0.15) is 0 Å². The molecule has 1 aromatic carbocycles. The van der Waals surface area contributed by atoms with Crippen molar-refractivity contribution in [2.24, 2.45) is 11.8 Å². The van der Waals surface area contributed by atoms with Gasteiger partial charge in [-0.05, 0) is 42.4 Å². The van der Waals surface area contributed by atoms with Crippen molar-refractivity contribution in [2.75, 3.05) is 5.33 Å². The van der Waals surface area contributed by atoms with Crippen molar-refractivity contribution in [1.82, 2.24) is 0 Å². The molecule has 0 aromatic heterocycles. The Bertz CT molecular complexity index is 339. The second kappa shape index (κ2) is 6.61. The van der Waals surface area contributed by atoms with Gasteiger partial charge in [0, 0.05) is 5.33 Å². The maximum absolute atomic E-state index is 13.3. The van der Waals surface area contributed by atoms with Gasteiger partial charge in [0.1, 0.15) is 5.82 Å². The normalized spacial score (nSPS) is 13.1. The molecule has 1 unspecified atom stereocenters. The smallest absolute Gasteiger partial charge is 0.142 e. The Balaban J connectivity index is 2.66. The molecule has 0 amide bonds. The quantitative estimate of drug-likeness (QED) is 0.666. The van der Waals surface area contributed by atoms with E-state index in [-0.39, 0.29) is 10.8 Å². The molecule has 3 heteroatoms. The topological polar surface area (TPSA) is 0 Å². The lowest BCUT2D eigenvalue weighted by Gasteiger charge is -2.16. The Morgan fingerprint density at radius 3 is 2.56 bits per heavy atom. The molecule has 0 radical (unpaired) electrons. The maximum atomic E-state index is 13.3. The van der Waals surface area contributed by atoms with E-state index in [1.54, 1.807) is 12.1 Å². The third-order valence-corrected chi connectivity index (χ3v) is 3.75. The summed E-state index contributed by atoms with van der Waals surface area (Å²) in [6, 6.07) is 5.08. The van der Waals surface area contributed by atoms with E-state index < -0.39 is 0 Å². The Morgan fingerprint density at radius 1 is 1.38 bits per heavy atom. The van der Waals surface area contributed by atoms with Crippen LogP contribution in [-0.4, -0.2) is 5.33 Å². The van der Waals surface area contributed by atoms with Gasteiger partial charge in [-0.3, -0.25) is 0 Å². The standard InChI is InChI=1S/C13H17BrClF/c1-9(2)5-11(8-14)6-10-3-4-12(15)13(16)7-10/h3-4,7,9,11H,5-6,8H2,1-2H3. The fraction of sp³-hybridized carbons (Fsp3) is 0.538. The summed E-state index contributed by atoms with van der Waals surface area (Å²) in [5.74, 6) is 0.900. The van der Waals surface area contributed by atoms with Crippen LogP contribution < -0.4 is 0 Å². The largest absolute Gasteiger partial charge is 0.205 e. The van der Waals surface area contributed by atoms with Crippen molar-refractivity contribution in [3.8, 4) is 0 Å². The van der Waals surface area contributed by atoms with Gasteiger partial charge in [0.05, 0.1) is 5.02 Å². The molecule has 90 valence electrons. The molecule has 0 fully saturated rings. The summed E-state index contributed by atoms with van der Waals surface area (Å²) in [7, 11) is 0.